The SMILES string of the molecule is COCC(N)C(=O)CCl. The minimum Gasteiger partial charge on any atom is -0.383 e. The van der Waals surface area contributed by atoms with E-state index < -0.39 is 6.04 Å². The molecule has 54 valence electrons. The summed E-state index contributed by atoms with van der Waals surface area (Å²) in [6.07, 6.45) is 0. The topological polar surface area (TPSA) is 52.3 Å². The van der Waals surface area contributed by atoms with Crippen molar-refractivity contribution < 1.29 is 9.53 Å². The summed E-state index contributed by atoms with van der Waals surface area (Å²) in [4.78, 5) is 10.6. The van der Waals surface area contributed by atoms with Crippen LogP contribution in [0.15, 0.2) is 0 Å². The van der Waals surface area contributed by atoms with Gasteiger partial charge in [0.05, 0.1) is 18.5 Å². The Kier molecular flexibility index (Phi) is 4.67. The molecule has 0 aromatic heterocycles. The maximum Gasteiger partial charge on any atom is 0.166 e. The highest BCUT2D eigenvalue weighted by molar-refractivity contribution is 6.28. The molecule has 4 heteroatoms. The van der Waals surface area contributed by atoms with Gasteiger partial charge in [-0.15, -0.1) is 11.6 Å². The van der Waals surface area contributed by atoms with Crippen molar-refractivity contribution in [1.29, 1.82) is 0 Å². The van der Waals surface area contributed by atoms with Gasteiger partial charge < -0.3 is 10.5 Å². The van der Waals surface area contributed by atoms with Crippen molar-refractivity contribution in [1.82, 2.24) is 0 Å². The first-order valence-electron chi connectivity index (χ1n) is 2.55. The summed E-state index contributed by atoms with van der Waals surface area (Å²) in [5.74, 6) is -0.219. The molecule has 0 spiro atoms. The van der Waals surface area contributed by atoms with Crippen LogP contribution in [-0.4, -0.2) is 31.4 Å². The van der Waals surface area contributed by atoms with Gasteiger partial charge in [0.25, 0.3) is 0 Å². The smallest absolute Gasteiger partial charge is 0.166 e. The van der Waals surface area contributed by atoms with Crippen LogP contribution in [0.1, 0.15) is 0 Å². The zero-order valence-corrected chi connectivity index (χ0v) is 6.02. The fourth-order valence-corrected chi connectivity index (χ4v) is 0.570. The lowest BCUT2D eigenvalue weighted by atomic mass is 10.2. The summed E-state index contributed by atoms with van der Waals surface area (Å²) < 4.78 is 4.62. The van der Waals surface area contributed by atoms with E-state index in [1.54, 1.807) is 0 Å². The van der Waals surface area contributed by atoms with E-state index in [2.05, 4.69) is 4.74 Å². The van der Waals surface area contributed by atoms with Crippen molar-refractivity contribution in [3.05, 3.63) is 0 Å². The highest BCUT2D eigenvalue weighted by Crippen LogP contribution is 1.85. The number of carbonyl (C=O) groups is 1. The van der Waals surface area contributed by atoms with Gasteiger partial charge in [0.1, 0.15) is 0 Å². The molecule has 2 N–H and O–H groups in total. The number of methoxy groups -OCH3 is 1. The Bertz CT molecular complexity index is 97.0. The zero-order valence-electron chi connectivity index (χ0n) is 5.26. The quantitative estimate of drug-likeness (QED) is 0.565. The molecule has 0 saturated heterocycles. The minimum atomic E-state index is -0.563. The molecule has 0 aromatic carbocycles. The van der Waals surface area contributed by atoms with E-state index in [0.29, 0.717) is 0 Å². The summed E-state index contributed by atoms with van der Waals surface area (Å²) in [7, 11) is 1.49. The van der Waals surface area contributed by atoms with E-state index in [9.17, 15) is 4.79 Å². The number of hydrogen-bond donors (Lipinski definition) is 1. The van der Waals surface area contributed by atoms with Gasteiger partial charge in [-0.3, -0.25) is 4.79 Å². The lowest BCUT2D eigenvalue weighted by molar-refractivity contribution is -0.118. The lowest BCUT2D eigenvalue weighted by Crippen LogP contribution is -2.35. The fraction of sp³-hybridized carbons (Fsp3) is 0.800. The highest BCUT2D eigenvalue weighted by atomic mass is 35.5. The Morgan fingerprint density at radius 2 is 2.44 bits per heavy atom. The Labute approximate surface area is 59.1 Å². The summed E-state index contributed by atoms with van der Waals surface area (Å²) in [5.41, 5.74) is 5.28. The predicted octanol–water partition coefficient (Wildman–Crippen LogP) is -0.232. The molecule has 3 nitrogen and oxygen atoms in total. The van der Waals surface area contributed by atoms with Crippen LogP contribution in [-0.2, 0) is 9.53 Å². The lowest BCUT2D eigenvalue weighted by Gasteiger charge is -2.04. The second-order valence-electron chi connectivity index (χ2n) is 1.66. The Hall–Kier alpha value is -0.120. The first-order chi connectivity index (χ1) is 4.22. The van der Waals surface area contributed by atoms with Crippen molar-refractivity contribution in [2.45, 2.75) is 6.04 Å². The third-order valence-corrected chi connectivity index (χ3v) is 1.15. The molecule has 1 atom stereocenters. The average molecular weight is 152 g/mol. The van der Waals surface area contributed by atoms with Crippen LogP contribution in [0.2, 0.25) is 0 Å². The van der Waals surface area contributed by atoms with E-state index in [4.69, 9.17) is 17.3 Å². The van der Waals surface area contributed by atoms with Gasteiger partial charge in [0.2, 0.25) is 0 Å². The Morgan fingerprint density at radius 1 is 1.89 bits per heavy atom. The van der Waals surface area contributed by atoms with Gasteiger partial charge >= 0.3 is 0 Å². The summed E-state index contributed by atoms with van der Waals surface area (Å²) in [6.45, 7) is 0.242. The molecule has 0 fully saturated rings. The van der Waals surface area contributed by atoms with Crippen LogP contribution >= 0.6 is 11.6 Å². The molecule has 0 radical (unpaired) electrons. The Morgan fingerprint density at radius 3 is 2.78 bits per heavy atom. The van der Waals surface area contributed by atoms with Gasteiger partial charge in [-0.05, 0) is 0 Å². The van der Waals surface area contributed by atoms with Gasteiger partial charge in [0.15, 0.2) is 5.78 Å². The Balaban J connectivity index is 3.45. The molecule has 0 aliphatic rings. The molecule has 0 saturated carbocycles. The molecule has 0 heterocycles. The molecule has 1 unspecified atom stereocenters. The molecule has 0 amide bonds. The maximum absolute atomic E-state index is 10.6. The summed E-state index contributed by atoms with van der Waals surface area (Å²) in [5, 5.41) is 0. The van der Waals surface area contributed by atoms with E-state index in [0.717, 1.165) is 0 Å². The molecule has 0 aliphatic heterocycles. The second-order valence-corrected chi connectivity index (χ2v) is 1.93. The van der Waals surface area contributed by atoms with Crippen molar-refractivity contribution >= 4 is 17.4 Å². The number of hydrogen-bond acceptors (Lipinski definition) is 3. The molecular weight excluding hydrogens is 142 g/mol. The normalized spacial score (nSPS) is 13.2. The first kappa shape index (κ1) is 8.88. The largest absolute Gasteiger partial charge is 0.383 e. The van der Waals surface area contributed by atoms with Gasteiger partial charge in [-0.1, -0.05) is 0 Å². The minimum absolute atomic E-state index is 0.0372. The number of ketones is 1. The van der Waals surface area contributed by atoms with Crippen LogP contribution < -0.4 is 5.73 Å². The molecule has 0 aromatic rings. The third-order valence-electron chi connectivity index (χ3n) is 0.891. The van der Waals surface area contributed by atoms with Gasteiger partial charge in [0, 0.05) is 7.11 Å². The molecule has 0 aliphatic carbocycles. The number of carbonyl (C=O) groups excluding carboxylic acids is 1. The summed E-state index contributed by atoms with van der Waals surface area (Å²) in [6, 6.07) is -0.563. The third kappa shape index (κ3) is 3.46. The zero-order chi connectivity index (χ0) is 7.28. The van der Waals surface area contributed by atoms with Crippen LogP contribution in [0.5, 0.6) is 0 Å². The van der Waals surface area contributed by atoms with E-state index in [1.807, 2.05) is 0 Å². The molecule has 0 bridgehead atoms. The first-order valence-corrected chi connectivity index (χ1v) is 3.09. The van der Waals surface area contributed by atoms with Crippen LogP contribution in [0.25, 0.3) is 0 Å². The molecule has 0 rings (SSSR count). The number of Topliss-reactive ketones (excluding diaryl/α,β-unsaturated/α-hetero) is 1. The van der Waals surface area contributed by atoms with Crippen molar-refractivity contribution in [3.63, 3.8) is 0 Å². The number of nitrogens with two attached hydrogens (primary N) is 1. The van der Waals surface area contributed by atoms with Crippen molar-refractivity contribution in [2.24, 2.45) is 5.73 Å². The predicted molar refractivity (Wildman–Crippen MR) is 35.6 cm³/mol. The van der Waals surface area contributed by atoms with Crippen LogP contribution in [0, 0.1) is 0 Å². The summed E-state index contributed by atoms with van der Waals surface area (Å²) >= 11 is 5.20. The van der Waals surface area contributed by atoms with Crippen LogP contribution in [0.3, 0.4) is 0 Å². The van der Waals surface area contributed by atoms with Crippen molar-refractivity contribution in [3.8, 4) is 0 Å². The molecular formula is C5H10ClNO2. The highest BCUT2D eigenvalue weighted by Gasteiger charge is 2.10. The monoisotopic (exact) mass is 151 g/mol. The van der Waals surface area contributed by atoms with Gasteiger partial charge in [-0.25, -0.2) is 0 Å². The fourth-order valence-electron chi connectivity index (χ4n) is 0.372. The molecule has 9 heavy (non-hydrogen) atoms. The average Bonchev–Trinajstić information content (AvgIpc) is 1.87. The van der Waals surface area contributed by atoms with Crippen LogP contribution in [0.4, 0.5) is 0 Å². The van der Waals surface area contributed by atoms with Crippen molar-refractivity contribution in [2.75, 3.05) is 19.6 Å². The van der Waals surface area contributed by atoms with Gasteiger partial charge in [-0.2, -0.15) is 0 Å². The number of halogens is 1. The number of ether oxygens (including phenoxy) is 1. The standard InChI is InChI=1S/C5H10ClNO2/c1-9-3-4(7)5(8)2-6/h4H,2-3,7H2,1H3. The van der Waals surface area contributed by atoms with E-state index in [-0.39, 0.29) is 18.3 Å². The number of alkyl halides is 1. The van der Waals surface area contributed by atoms with E-state index in [1.165, 1.54) is 7.11 Å². The van der Waals surface area contributed by atoms with E-state index >= 15 is 0 Å². The number of rotatable bonds is 4. The second kappa shape index (κ2) is 4.73. The maximum atomic E-state index is 10.6.